The fraction of sp³-hybridized carbons (Fsp3) is 0.364. The summed E-state index contributed by atoms with van der Waals surface area (Å²) in [6, 6.07) is 10.4. The molecule has 0 radical (unpaired) electrons. The maximum absolute atomic E-state index is 13.9. The number of carbonyl (C=O) groups excluding carboxylic acids is 2. The molecule has 1 heterocycles. The van der Waals surface area contributed by atoms with Crippen molar-refractivity contribution in [2.24, 2.45) is 0 Å². The number of carbonyl (C=O) groups is 2. The van der Waals surface area contributed by atoms with Gasteiger partial charge in [0.15, 0.2) is 12.3 Å². The highest BCUT2D eigenvalue weighted by atomic mass is 19.1. The molecule has 0 aliphatic carbocycles. The highest BCUT2D eigenvalue weighted by Crippen LogP contribution is 2.18. The van der Waals surface area contributed by atoms with Crippen LogP contribution in [0.15, 0.2) is 42.5 Å². The minimum Gasteiger partial charge on any atom is -0.360 e. The number of hydrogen-bond donors (Lipinski definition) is 2. The molecule has 2 aromatic rings. The number of amides is 1. The molecule has 3 rings (SSSR count). The van der Waals surface area contributed by atoms with E-state index < -0.39 is 17.7 Å². The van der Waals surface area contributed by atoms with E-state index in [9.17, 15) is 18.4 Å². The molecule has 1 amide bonds. The van der Waals surface area contributed by atoms with Crippen molar-refractivity contribution < 1.29 is 23.3 Å². The number of ketones is 1. The Kier molecular flexibility index (Phi) is 6.59. The van der Waals surface area contributed by atoms with Gasteiger partial charge in [0, 0.05) is 22.9 Å². The number of nitrogens with zero attached hydrogens (tertiary/aromatic N) is 1. The number of hydrogen-bond acceptors (Lipinski definition) is 3. The molecule has 1 aliphatic rings. The SMILES string of the molecule is CC(=O)c1ccc(N2CC[NH+](CC(=O)N[C@@H](C)c3ccc(F)cc3F)CC2)cc1. The Bertz CT molecular complexity index is 878. The van der Waals surface area contributed by atoms with Gasteiger partial charge in [0.1, 0.15) is 11.6 Å². The summed E-state index contributed by atoms with van der Waals surface area (Å²) >= 11 is 0. The van der Waals surface area contributed by atoms with Gasteiger partial charge in [0.05, 0.1) is 32.2 Å². The van der Waals surface area contributed by atoms with E-state index in [0.29, 0.717) is 12.1 Å². The Balaban J connectivity index is 1.48. The Hall–Kier alpha value is -2.80. The van der Waals surface area contributed by atoms with Crippen LogP contribution >= 0.6 is 0 Å². The molecule has 0 aromatic heterocycles. The Morgan fingerprint density at radius 1 is 1.10 bits per heavy atom. The Morgan fingerprint density at radius 3 is 2.34 bits per heavy atom. The molecule has 29 heavy (non-hydrogen) atoms. The summed E-state index contributed by atoms with van der Waals surface area (Å²) < 4.78 is 26.9. The molecule has 1 atom stereocenters. The number of rotatable bonds is 6. The second-order valence-corrected chi connectivity index (χ2v) is 7.47. The molecular formula is C22H26F2N3O2+. The van der Waals surface area contributed by atoms with Gasteiger partial charge in [-0.1, -0.05) is 6.07 Å². The highest BCUT2D eigenvalue weighted by Gasteiger charge is 2.23. The van der Waals surface area contributed by atoms with Crippen molar-refractivity contribution in [2.45, 2.75) is 19.9 Å². The van der Waals surface area contributed by atoms with Gasteiger partial charge in [-0.3, -0.25) is 9.59 Å². The summed E-state index contributed by atoms with van der Waals surface area (Å²) in [6.07, 6.45) is 0. The third kappa shape index (κ3) is 5.38. The first kappa shape index (κ1) is 20.9. The normalized spacial score (nSPS) is 15.8. The van der Waals surface area contributed by atoms with Crippen molar-refractivity contribution in [3.63, 3.8) is 0 Å². The topological polar surface area (TPSA) is 53.9 Å². The highest BCUT2D eigenvalue weighted by molar-refractivity contribution is 5.94. The van der Waals surface area contributed by atoms with Crippen molar-refractivity contribution in [3.05, 3.63) is 65.2 Å². The number of anilines is 1. The summed E-state index contributed by atoms with van der Waals surface area (Å²) in [5, 5.41) is 2.80. The van der Waals surface area contributed by atoms with E-state index in [1.165, 1.54) is 12.1 Å². The van der Waals surface area contributed by atoms with Gasteiger partial charge < -0.3 is 15.1 Å². The number of benzene rings is 2. The molecule has 2 N–H and O–H groups in total. The lowest BCUT2D eigenvalue weighted by Gasteiger charge is -2.33. The molecule has 0 spiro atoms. The second-order valence-electron chi connectivity index (χ2n) is 7.47. The van der Waals surface area contributed by atoms with E-state index in [0.717, 1.165) is 42.8 Å². The van der Waals surface area contributed by atoms with E-state index in [4.69, 9.17) is 0 Å². The van der Waals surface area contributed by atoms with Crippen LogP contribution in [-0.4, -0.2) is 44.4 Å². The number of quaternary nitrogens is 1. The summed E-state index contributed by atoms with van der Waals surface area (Å²) in [4.78, 5) is 27.1. The van der Waals surface area contributed by atoms with Crippen LogP contribution in [-0.2, 0) is 4.79 Å². The molecule has 0 saturated carbocycles. The first-order chi connectivity index (χ1) is 13.8. The fourth-order valence-corrected chi connectivity index (χ4v) is 3.61. The number of Topliss-reactive ketones (excluding diaryl/α,β-unsaturated/α-hetero) is 1. The van der Waals surface area contributed by atoms with E-state index in [2.05, 4.69) is 10.2 Å². The summed E-state index contributed by atoms with van der Waals surface area (Å²) in [7, 11) is 0. The molecule has 5 nitrogen and oxygen atoms in total. The first-order valence-corrected chi connectivity index (χ1v) is 9.77. The average Bonchev–Trinajstić information content (AvgIpc) is 2.68. The van der Waals surface area contributed by atoms with E-state index in [-0.39, 0.29) is 17.3 Å². The van der Waals surface area contributed by atoms with Crippen molar-refractivity contribution in [1.29, 1.82) is 0 Å². The standard InChI is InChI=1S/C22H25F2N3O2/c1-15(20-8-5-18(23)13-21(20)24)25-22(29)14-26-9-11-27(12-10-26)19-6-3-17(4-7-19)16(2)28/h3-8,13,15H,9-12,14H2,1-2H3,(H,25,29)/p+1/t15-/m0/s1. The van der Waals surface area contributed by atoms with Gasteiger partial charge in [-0.2, -0.15) is 0 Å². The average molecular weight is 402 g/mol. The molecular weight excluding hydrogens is 376 g/mol. The first-order valence-electron chi connectivity index (χ1n) is 9.77. The molecule has 1 saturated heterocycles. The van der Waals surface area contributed by atoms with Crippen LogP contribution in [0.3, 0.4) is 0 Å². The minimum atomic E-state index is -0.658. The molecule has 7 heteroatoms. The minimum absolute atomic E-state index is 0.0478. The Morgan fingerprint density at radius 2 is 1.76 bits per heavy atom. The quantitative estimate of drug-likeness (QED) is 0.724. The number of piperazine rings is 1. The van der Waals surface area contributed by atoms with Gasteiger partial charge in [-0.25, -0.2) is 8.78 Å². The predicted octanol–water partition coefficient (Wildman–Crippen LogP) is 1.75. The molecule has 0 unspecified atom stereocenters. The maximum atomic E-state index is 13.9. The summed E-state index contributed by atoms with van der Waals surface area (Å²) in [6.45, 7) is 6.78. The zero-order valence-electron chi connectivity index (χ0n) is 16.7. The second kappa shape index (κ2) is 9.13. The molecule has 1 fully saturated rings. The van der Waals surface area contributed by atoms with Crippen LogP contribution < -0.4 is 15.1 Å². The van der Waals surface area contributed by atoms with Crippen molar-refractivity contribution in [1.82, 2.24) is 5.32 Å². The van der Waals surface area contributed by atoms with Crippen LogP contribution in [0.5, 0.6) is 0 Å². The fourth-order valence-electron chi connectivity index (χ4n) is 3.61. The van der Waals surface area contributed by atoms with Gasteiger partial charge in [0.2, 0.25) is 0 Å². The number of halogens is 2. The van der Waals surface area contributed by atoms with E-state index >= 15 is 0 Å². The van der Waals surface area contributed by atoms with Crippen LogP contribution in [0.25, 0.3) is 0 Å². The third-order valence-electron chi connectivity index (χ3n) is 5.33. The van der Waals surface area contributed by atoms with Crippen LogP contribution in [0, 0.1) is 11.6 Å². The largest absolute Gasteiger partial charge is 0.360 e. The molecule has 1 aliphatic heterocycles. The zero-order valence-corrected chi connectivity index (χ0v) is 16.7. The molecule has 154 valence electrons. The monoisotopic (exact) mass is 402 g/mol. The molecule has 0 bridgehead atoms. The number of nitrogens with one attached hydrogen (secondary N) is 2. The lowest BCUT2D eigenvalue weighted by molar-refractivity contribution is -0.892. The van der Waals surface area contributed by atoms with Crippen LogP contribution in [0.4, 0.5) is 14.5 Å². The van der Waals surface area contributed by atoms with Gasteiger partial charge >= 0.3 is 0 Å². The molecule has 2 aromatic carbocycles. The van der Waals surface area contributed by atoms with Gasteiger partial charge in [0.25, 0.3) is 5.91 Å². The third-order valence-corrected chi connectivity index (χ3v) is 5.33. The smallest absolute Gasteiger partial charge is 0.275 e. The summed E-state index contributed by atoms with van der Waals surface area (Å²) in [5.74, 6) is -1.40. The van der Waals surface area contributed by atoms with Crippen molar-refractivity contribution in [2.75, 3.05) is 37.6 Å². The van der Waals surface area contributed by atoms with E-state index in [1.54, 1.807) is 13.8 Å². The zero-order chi connectivity index (χ0) is 21.0. The summed E-state index contributed by atoms with van der Waals surface area (Å²) in [5.41, 5.74) is 2.04. The van der Waals surface area contributed by atoms with Crippen LogP contribution in [0.1, 0.15) is 35.8 Å². The maximum Gasteiger partial charge on any atom is 0.275 e. The van der Waals surface area contributed by atoms with Crippen LogP contribution in [0.2, 0.25) is 0 Å². The lowest BCUT2D eigenvalue weighted by atomic mass is 10.1. The van der Waals surface area contributed by atoms with E-state index in [1.807, 2.05) is 24.3 Å². The van der Waals surface area contributed by atoms with Crippen molar-refractivity contribution in [3.8, 4) is 0 Å². The van der Waals surface area contributed by atoms with Gasteiger partial charge in [-0.15, -0.1) is 0 Å². The predicted molar refractivity (Wildman–Crippen MR) is 107 cm³/mol. The van der Waals surface area contributed by atoms with Crippen molar-refractivity contribution >= 4 is 17.4 Å². The van der Waals surface area contributed by atoms with Gasteiger partial charge in [-0.05, 0) is 44.2 Å². The lowest BCUT2D eigenvalue weighted by Crippen LogP contribution is -3.15. The Labute approximate surface area is 169 Å².